The fourth-order valence-electron chi connectivity index (χ4n) is 3.15. The summed E-state index contributed by atoms with van der Waals surface area (Å²) in [6.07, 6.45) is 1.39. The quantitative estimate of drug-likeness (QED) is 0.434. The molecule has 0 saturated heterocycles. The minimum atomic E-state index is -0.258. The van der Waals surface area contributed by atoms with Gasteiger partial charge in [-0.2, -0.15) is 10.2 Å². The van der Waals surface area contributed by atoms with Crippen LogP contribution >= 0.6 is 22.6 Å². The van der Waals surface area contributed by atoms with E-state index in [2.05, 4.69) is 43.9 Å². The third-order valence-corrected chi connectivity index (χ3v) is 5.26. The molecule has 1 atom stereocenters. The standard InChI is InChI=1S/C19H19IN6O/c1-3-26-15(7-12-5-4-6-13(8-20)16(12)18(26)27)11(2)24-17-14(9-21)10-23-19(22)25-17/h4-7,10-11H,3,8H2,1-2H3,(H3,22,23,24,25)/t11-/m0/s1. The number of nitrogens with one attached hydrogen (secondary N) is 1. The maximum absolute atomic E-state index is 13.1. The van der Waals surface area contributed by atoms with Crippen molar-refractivity contribution in [2.45, 2.75) is 30.9 Å². The van der Waals surface area contributed by atoms with Crippen LogP contribution in [-0.4, -0.2) is 14.5 Å². The third kappa shape index (κ3) is 3.60. The first kappa shape index (κ1) is 19.1. The number of halogens is 1. The number of benzene rings is 1. The maximum atomic E-state index is 13.1. The van der Waals surface area contributed by atoms with Crippen LogP contribution in [-0.2, 0) is 11.0 Å². The zero-order valence-corrected chi connectivity index (χ0v) is 17.2. The van der Waals surface area contributed by atoms with E-state index in [0.717, 1.165) is 26.5 Å². The van der Waals surface area contributed by atoms with Crippen LogP contribution in [0.15, 0.2) is 35.3 Å². The minimum Gasteiger partial charge on any atom is -0.368 e. The van der Waals surface area contributed by atoms with E-state index in [1.54, 1.807) is 4.57 Å². The van der Waals surface area contributed by atoms with Gasteiger partial charge in [0.2, 0.25) is 5.95 Å². The Bertz CT molecular complexity index is 1100. The summed E-state index contributed by atoms with van der Waals surface area (Å²) in [6.45, 7) is 4.41. The second-order valence-electron chi connectivity index (χ2n) is 6.10. The second-order valence-corrected chi connectivity index (χ2v) is 6.86. The number of hydrogen-bond donors (Lipinski definition) is 2. The van der Waals surface area contributed by atoms with Gasteiger partial charge in [0.1, 0.15) is 17.5 Å². The average molecular weight is 474 g/mol. The van der Waals surface area contributed by atoms with Gasteiger partial charge in [0.25, 0.3) is 5.56 Å². The Kier molecular flexibility index (Phi) is 5.60. The molecule has 3 N–H and O–H groups in total. The van der Waals surface area contributed by atoms with Crippen LogP contribution in [0.3, 0.4) is 0 Å². The Labute approximate surface area is 170 Å². The highest BCUT2D eigenvalue weighted by Crippen LogP contribution is 2.25. The van der Waals surface area contributed by atoms with E-state index in [-0.39, 0.29) is 17.5 Å². The molecule has 3 rings (SSSR count). The Morgan fingerprint density at radius 3 is 2.89 bits per heavy atom. The number of nitrogen functional groups attached to an aromatic ring is 1. The van der Waals surface area contributed by atoms with Gasteiger partial charge in [0.15, 0.2) is 0 Å². The van der Waals surface area contributed by atoms with E-state index < -0.39 is 0 Å². The van der Waals surface area contributed by atoms with Gasteiger partial charge in [-0.1, -0.05) is 40.8 Å². The van der Waals surface area contributed by atoms with Crippen molar-refractivity contribution in [3.63, 3.8) is 0 Å². The molecule has 0 spiro atoms. The molecule has 0 amide bonds. The van der Waals surface area contributed by atoms with Crippen LogP contribution in [0.5, 0.6) is 0 Å². The van der Waals surface area contributed by atoms with Gasteiger partial charge in [-0.05, 0) is 30.9 Å². The Hall–Kier alpha value is -2.67. The fourth-order valence-corrected chi connectivity index (χ4v) is 3.79. The minimum absolute atomic E-state index is 0.00590. The van der Waals surface area contributed by atoms with Gasteiger partial charge in [-0.3, -0.25) is 4.79 Å². The van der Waals surface area contributed by atoms with Gasteiger partial charge in [0.05, 0.1) is 17.6 Å². The van der Waals surface area contributed by atoms with Crippen molar-refractivity contribution in [2.75, 3.05) is 11.1 Å². The highest BCUT2D eigenvalue weighted by atomic mass is 127. The third-order valence-electron chi connectivity index (χ3n) is 4.44. The first-order valence-electron chi connectivity index (χ1n) is 8.50. The largest absolute Gasteiger partial charge is 0.368 e. The molecule has 0 radical (unpaired) electrons. The molecule has 1 aromatic carbocycles. The number of pyridine rings is 1. The normalized spacial score (nSPS) is 11.9. The Morgan fingerprint density at radius 1 is 1.44 bits per heavy atom. The van der Waals surface area contributed by atoms with E-state index in [4.69, 9.17) is 5.73 Å². The zero-order chi connectivity index (χ0) is 19.6. The summed E-state index contributed by atoms with van der Waals surface area (Å²) in [5.74, 6) is 0.440. The summed E-state index contributed by atoms with van der Waals surface area (Å²) >= 11 is 2.27. The van der Waals surface area contributed by atoms with Gasteiger partial charge in [-0.25, -0.2) is 4.98 Å². The van der Waals surface area contributed by atoms with Crippen LogP contribution in [0.1, 0.15) is 36.7 Å². The van der Waals surface area contributed by atoms with E-state index in [1.165, 1.54) is 6.20 Å². The smallest absolute Gasteiger partial charge is 0.258 e. The molecule has 0 aliphatic heterocycles. The SMILES string of the molecule is CCn1c([C@H](C)Nc2nc(N)ncc2C#N)cc2cccc(CI)c2c1=O. The first-order valence-corrected chi connectivity index (χ1v) is 10.0. The van der Waals surface area contributed by atoms with E-state index in [1.807, 2.05) is 38.1 Å². The van der Waals surface area contributed by atoms with Crippen molar-refractivity contribution in [1.82, 2.24) is 14.5 Å². The Morgan fingerprint density at radius 2 is 2.22 bits per heavy atom. The van der Waals surface area contributed by atoms with Gasteiger partial charge in [-0.15, -0.1) is 0 Å². The lowest BCUT2D eigenvalue weighted by molar-refractivity contribution is 0.650. The summed E-state index contributed by atoms with van der Waals surface area (Å²) in [5.41, 5.74) is 7.80. The molecular formula is C19H19IN6O. The molecule has 3 aromatic rings. The first-order chi connectivity index (χ1) is 13.0. The van der Waals surface area contributed by atoms with E-state index >= 15 is 0 Å². The summed E-state index contributed by atoms with van der Waals surface area (Å²) in [6, 6.07) is 9.71. The molecule has 8 heteroatoms. The van der Waals surface area contributed by atoms with Crippen LogP contribution in [0, 0.1) is 11.3 Å². The molecule has 2 heterocycles. The topological polar surface area (TPSA) is 110 Å². The number of fused-ring (bicyclic) bond motifs is 1. The predicted octanol–water partition coefficient (Wildman–Crippen LogP) is 3.37. The number of rotatable bonds is 5. The van der Waals surface area contributed by atoms with Gasteiger partial charge in [0, 0.05) is 16.7 Å². The van der Waals surface area contributed by atoms with Crippen molar-refractivity contribution in [1.29, 1.82) is 5.26 Å². The Balaban J connectivity index is 2.13. The van der Waals surface area contributed by atoms with Crippen molar-refractivity contribution >= 4 is 45.1 Å². The molecule has 2 aromatic heterocycles. The molecule has 0 aliphatic carbocycles. The number of anilines is 2. The van der Waals surface area contributed by atoms with Crippen molar-refractivity contribution < 1.29 is 0 Å². The molecule has 0 unspecified atom stereocenters. The number of hydrogen-bond acceptors (Lipinski definition) is 6. The highest BCUT2D eigenvalue weighted by Gasteiger charge is 2.17. The molecule has 27 heavy (non-hydrogen) atoms. The zero-order valence-electron chi connectivity index (χ0n) is 15.0. The van der Waals surface area contributed by atoms with Crippen LogP contribution in [0.2, 0.25) is 0 Å². The van der Waals surface area contributed by atoms with E-state index in [9.17, 15) is 10.1 Å². The molecule has 0 bridgehead atoms. The predicted molar refractivity (Wildman–Crippen MR) is 115 cm³/mol. The van der Waals surface area contributed by atoms with Crippen molar-refractivity contribution in [3.05, 3.63) is 57.6 Å². The summed E-state index contributed by atoms with van der Waals surface area (Å²) in [4.78, 5) is 21.1. The fraction of sp³-hybridized carbons (Fsp3) is 0.263. The molecular weight excluding hydrogens is 455 g/mol. The lowest BCUT2D eigenvalue weighted by Crippen LogP contribution is -2.27. The number of nitrogens with two attached hydrogens (primary N) is 1. The second kappa shape index (κ2) is 7.92. The number of alkyl halides is 1. The summed E-state index contributed by atoms with van der Waals surface area (Å²) in [5, 5.41) is 14.1. The van der Waals surface area contributed by atoms with Crippen molar-refractivity contribution in [3.8, 4) is 6.07 Å². The number of aromatic nitrogens is 3. The molecule has 0 aliphatic rings. The van der Waals surface area contributed by atoms with Gasteiger partial charge >= 0.3 is 0 Å². The van der Waals surface area contributed by atoms with Crippen LogP contribution in [0.4, 0.5) is 11.8 Å². The van der Waals surface area contributed by atoms with Gasteiger partial charge < -0.3 is 15.6 Å². The van der Waals surface area contributed by atoms with Crippen molar-refractivity contribution in [2.24, 2.45) is 0 Å². The molecule has 0 saturated carbocycles. The monoisotopic (exact) mass is 474 g/mol. The molecule has 7 nitrogen and oxygen atoms in total. The maximum Gasteiger partial charge on any atom is 0.258 e. The lowest BCUT2D eigenvalue weighted by atomic mass is 10.0. The highest BCUT2D eigenvalue weighted by molar-refractivity contribution is 14.1. The lowest BCUT2D eigenvalue weighted by Gasteiger charge is -2.21. The summed E-state index contributed by atoms with van der Waals surface area (Å²) < 4.78 is 2.53. The average Bonchev–Trinajstić information content (AvgIpc) is 2.67. The van der Waals surface area contributed by atoms with Crippen LogP contribution < -0.4 is 16.6 Å². The molecule has 138 valence electrons. The van der Waals surface area contributed by atoms with Crippen LogP contribution in [0.25, 0.3) is 10.8 Å². The molecule has 0 fully saturated rings. The number of nitriles is 1. The number of nitrogens with zero attached hydrogens (tertiary/aromatic N) is 4. The van der Waals surface area contributed by atoms with E-state index in [0.29, 0.717) is 17.9 Å². The summed E-state index contributed by atoms with van der Waals surface area (Å²) in [7, 11) is 0.